The second-order valence-electron chi connectivity index (χ2n) is 6.31. The molecule has 0 saturated heterocycles. The van der Waals surface area contributed by atoms with E-state index in [0.29, 0.717) is 12.8 Å². The van der Waals surface area contributed by atoms with Crippen LogP contribution in [0.3, 0.4) is 0 Å². The molecule has 27 heavy (non-hydrogen) atoms. The van der Waals surface area contributed by atoms with E-state index in [1.54, 1.807) is 0 Å². The molecule has 1 N–H and O–H groups in total. The first kappa shape index (κ1) is 17.1. The lowest BCUT2D eigenvalue weighted by Gasteiger charge is -2.16. The van der Waals surface area contributed by atoms with E-state index < -0.39 is 11.7 Å². The molecule has 8 heteroatoms. The summed E-state index contributed by atoms with van der Waals surface area (Å²) < 4.78 is 45.9. The van der Waals surface area contributed by atoms with Gasteiger partial charge in [-0.2, -0.15) is 18.4 Å². The second-order valence-corrected chi connectivity index (χ2v) is 6.31. The number of nitrogens with one attached hydrogen (secondary N) is 1. The van der Waals surface area contributed by atoms with E-state index in [-0.39, 0.29) is 28.8 Å². The molecule has 3 aromatic rings. The van der Waals surface area contributed by atoms with Crippen molar-refractivity contribution in [3.05, 3.63) is 64.8 Å². The fourth-order valence-corrected chi connectivity index (χ4v) is 3.27. The van der Waals surface area contributed by atoms with Gasteiger partial charge in [-0.1, -0.05) is 29.5 Å². The number of hydrogen-bond acceptors (Lipinski definition) is 4. The van der Waals surface area contributed by atoms with Crippen molar-refractivity contribution in [1.82, 2.24) is 15.4 Å². The Hall–Kier alpha value is -3.34. The summed E-state index contributed by atoms with van der Waals surface area (Å²) in [5.74, 6) is 0.0875. The Morgan fingerprint density at radius 3 is 2.44 bits per heavy atom. The minimum Gasteiger partial charge on any atom is -0.490 e. The molecule has 0 saturated carbocycles. The molecule has 0 spiro atoms. The van der Waals surface area contributed by atoms with E-state index >= 15 is 0 Å². The molecule has 0 unspecified atom stereocenters. The summed E-state index contributed by atoms with van der Waals surface area (Å²) in [6.45, 7) is 0. The molecule has 2 aromatic carbocycles. The predicted octanol–water partition coefficient (Wildman–Crippen LogP) is 3.91. The van der Waals surface area contributed by atoms with Gasteiger partial charge >= 0.3 is 6.18 Å². The largest absolute Gasteiger partial charge is 0.490 e. The zero-order valence-electron chi connectivity index (χ0n) is 13.9. The van der Waals surface area contributed by atoms with Crippen LogP contribution in [0.4, 0.5) is 13.2 Å². The SMILES string of the molecule is N#Cc1[nH]nnc1-c1cc(OC2Cc3ccccc3C2)cc(C(F)(F)F)c1. The van der Waals surface area contributed by atoms with Crippen molar-refractivity contribution in [3.8, 4) is 23.1 Å². The van der Waals surface area contributed by atoms with Crippen molar-refractivity contribution in [1.29, 1.82) is 5.26 Å². The van der Waals surface area contributed by atoms with E-state index in [9.17, 15) is 13.2 Å². The van der Waals surface area contributed by atoms with E-state index in [1.807, 2.05) is 30.3 Å². The molecule has 0 amide bonds. The summed E-state index contributed by atoms with van der Waals surface area (Å²) in [6, 6.07) is 13.0. The Bertz CT molecular complexity index is 1010. The maximum Gasteiger partial charge on any atom is 0.416 e. The number of benzene rings is 2. The van der Waals surface area contributed by atoms with E-state index in [2.05, 4.69) is 15.4 Å². The Morgan fingerprint density at radius 2 is 1.81 bits per heavy atom. The zero-order chi connectivity index (χ0) is 19.0. The minimum absolute atomic E-state index is 0.00598. The fourth-order valence-electron chi connectivity index (χ4n) is 3.27. The lowest BCUT2D eigenvalue weighted by Crippen LogP contribution is -2.17. The first-order valence-electron chi connectivity index (χ1n) is 8.21. The highest BCUT2D eigenvalue weighted by Gasteiger charge is 2.32. The van der Waals surface area contributed by atoms with Crippen LogP contribution in [-0.4, -0.2) is 21.5 Å². The van der Waals surface area contributed by atoms with Gasteiger partial charge in [0, 0.05) is 18.4 Å². The summed E-state index contributed by atoms with van der Waals surface area (Å²) in [5, 5.41) is 18.7. The Balaban J connectivity index is 1.69. The van der Waals surface area contributed by atoms with Gasteiger partial charge in [0.05, 0.1) is 5.56 Å². The van der Waals surface area contributed by atoms with E-state index in [4.69, 9.17) is 10.00 Å². The molecule has 1 heterocycles. The standard InChI is InChI=1S/C19H13F3N4O/c20-19(21,22)14-5-13(18-17(10-23)24-26-25-18)8-16(9-14)27-15-6-11-3-1-2-4-12(11)7-15/h1-5,8-9,15H,6-7H2,(H,24,25,26). The van der Waals surface area contributed by atoms with Crippen molar-refractivity contribution in [3.63, 3.8) is 0 Å². The highest BCUT2D eigenvalue weighted by atomic mass is 19.4. The highest BCUT2D eigenvalue weighted by molar-refractivity contribution is 5.67. The number of nitriles is 1. The fraction of sp³-hybridized carbons (Fsp3) is 0.211. The van der Waals surface area contributed by atoms with Crippen molar-refractivity contribution < 1.29 is 17.9 Å². The summed E-state index contributed by atoms with van der Waals surface area (Å²) >= 11 is 0. The molecule has 5 nitrogen and oxygen atoms in total. The zero-order valence-corrected chi connectivity index (χ0v) is 13.9. The van der Waals surface area contributed by atoms with Gasteiger partial charge < -0.3 is 4.74 Å². The van der Waals surface area contributed by atoms with Crippen LogP contribution in [0.25, 0.3) is 11.3 Å². The summed E-state index contributed by atoms with van der Waals surface area (Å²) in [7, 11) is 0. The van der Waals surface area contributed by atoms with Crippen LogP contribution in [-0.2, 0) is 19.0 Å². The number of H-pyrrole nitrogens is 1. The predicted molar refractivity (Wildman–Crippen MR) is 89.8 cm³/mol. The van der Waals surface area contributed by atoms with Crippen LogP contribution in [0.15, 0.2) is 42.5 Å². The van der Waals surface area contributed by atoms with Gasteiger partial charge in [-0.05, 0) is 29.3 Å². The number of rotatable bonds is 3. The number of aromatic nitrogens is 3. The molecule has 136 valence electrons. The van der Waals surface area contributed by atoms with Gasteiger partial charge in [-0.3, -0.25) is 0 Å². The third kappa shape index (κ3) is 3.36. The molecule has 1 aliphatic carbocycles. The highest BCUT2D eigenvalue weighted by Crippen LogP contribution is 2.36. The molecule has 0 fully saturated rings. The molecular weight excluding hydrogens is 357 g/mol. The summed E-state index contributed by atoms with van der Waals surface area (Å²) in [6.07, 6.45) is -3.53. The van der Waals surface area contributed by atoms with E-state index in [1.165, 1.54) is 6.07 Å². The number of hydrogen-bond donors (Lipinski definition) is 1. The average Bonchev–Trinajstić information content (AvgIpc) is 3.26. The number of nitrogens with zero attached hydrogens (tertiary/aromatic N) is 3. The summed E-state index contributed by atoms with van der Waals surface area (Å²) in [4.78, 5) is 0. The molecule has 0 bridgehead atoms. The van der Waals surface area contributed by atoms with Crippen molar-refractivity contribution in [2.75, 3.05) is 0 Å². The average molecular weight is 370 g/mol. The Kier molecular flexibility index (Phi) is 4.07. The quantitative estimate of drug-likeness (QED) is 0.759. The number of fused-ring (bicyclic) bond motifs is 1. The molecule has 1 aromatic heterocycles. The normalized spacial score (nSPS) is 14.0. The first-order chi connectivity index (χ1) is 12.9. The smallest absolute Gasteiger partial charge is 0.416 e. The third-order valence-corrected chi connectivity index (χ3v) is 4.48. The molecule has 0 radical (unpaired) electrons. The molecule has 0 atom stereocenters. The Morgan fingerprint density at radius 1 is 1.11 bits per heavy atom. The van der Waals surface area contributed by atoms with Gasteiger partial charge in [0.15, 0.2) is 5.69 Å². The van der Waals surface area contributed by atoms with Gasteiger partial charge in [-0.15, -0.1) is 5.10 Å². The van der Waals surface area contributed by atoms with Gasteiger partial charge in [0.2, 0.25) is 0 Å². The van der Waals surface area contributed by atoms with Crippen LogP contribution in [0.2, 0.25) is 0 Å². The lowest BCUT2D eigenvalue weighted by atomic mass is 10.1. The van der Waals surface area contributed by atoms with Crippen LogP contribution in [0.5, 0.6) is 5.75 Å². The monoisotopic (exact) mass is 370 g/mol. The van der Waals surface area contributed by atoms with Crippen molar-refractivity contribution >= 4 is 0 Å². The maximum absolute atomic E-state index is 13.3. The molecule has 0 aliphatic heterocycles. The second kappa shape index (κ2) is 6.43. The molecular formula is C19H13F3N4O. The van der Waals surface area contributed by atoms with Crippen LogP contribution >= 0.6 is 0 Å². The Labute approximate surface area is 152 Å². The third-order valence-electron chi connectivity index (χ3n) is 4.48. The number of ether oxygens (including phenoxy) is 1. The van der Waals surface area contributed by atoms with Crippen LogP contribution in [0, 0.1) is 11.3 Å². The number of halogens is 3. The lowest BCUT2D eigenvalue weighted by molar-refractivity contribution is -0.137. The number of alkyl halides is 3. The maximum atomic E-state index is 13.3. The van der Waals surface area contributed by atoms with Crippen LogP contribution in [0.1, 0.15) is 22.4 Å². The molecule has 1 aliphatic rings. The van der Waals surface area contributed by atoms with Crippen LogP contribution < -0.4 is 4.74 Å². The van der Waals surface area contributed by atoms with Gasteiger partial charge in [0.1, 0.15) is 23.6 Å². The topological polar surface area (TPSA) is 74.6 Å². The van der Waals surface area contributed by atoms with Gasteiger partial charge in [0.25, 0.3) is 0 Å². The molecule has 4 rings (SSSR count). The number of aromatic amines is 1. The van der Waals surface area contributed by atoms with Gasteiger partial charge in [-0.25, -0.2) is 5.10 Å². The summed E-state index contributed by atoms with van der Waals surface area (Å²) in [5.41, 5.74) is 1.59. The van der Waals surface area contributed by atoms with Crippen molar-refractivity contribution in [2.45, 2.75) is 25.1 Å². The first-order valence-corrected chi connectivity index (χ1v) is 8.21. The minimum atomic E-state index is -4.55. The van der Waals surface area contributed by atoms with E-state index in [0.717, 1.165) is 23.3 Å². The van der Waals surface area contributed by atoms with Crippen molar-refractivity contribution in [2.24, 2.45) is 0 Å².